The Labute approximate surface area is 132 Å². The molecule has 0 fully saturated rings. The van der Waals surface area contributed by atoms with Gasteiger partial charge in [0.05, 0.1) is 18.7 Å². The number of carbonyl (C=O) groups excluding carboxylic acids is 1. The fourth-order valence-corrected chi connectivity index (χ4v) is 2.41. The van der Waals surface area contributed by atoms with Gasteiger partial charge in [-0.3, -0.25) is 4.79 Å². The maximum absolute atomic E-state index is 12.3. The zero-order valence-electron chi connectivity index (χ0n) is 11.9. The molecule has 0 aromatic heterocycles. The first kappa shape index (κ1) is 15.4. The molecule has 0 aliphatic rings. The third-order valence-corrected chi connectivity index (χ3v) is 3.69. The standard InChI is InChI=1S/C16H17BrN2O2/c1-10(11-4-3-5-12(17)8-11)19-16(20)14-9-13(21-2)6-7-15(14)18/h3-10H,18H2,1-2H3,(H,19,20)/t10-/m0/s1. The minimum Gasteiger partial charge on any atom is -0.497 e. The number of rotatable bonds is 4. The molecule has 1 amide bonds. The number of hydrogen-bond donors (Lipinski definition) is 2. The molecule has 0 unspecified atom stereocenters. The normalized spacial score (nSPS) is 11.8. The third-order valence-electron chi connectivity index (χ3n) is 3.20. The molecule has 5 heteroatoms. The fourth-order valence-electron chi connectivity index (χ4n) is 1.99. The number of hydrogen-bond acceptors (Lipinski definition) is 3. The van der Waals surface area contributed by atoms with Crippen molar-refractivity contribution in [2.75, 3.05) is 12.8 Å². The van der Waals surface area contributed by atoms with Crippen LogP contribution in [0.5, 0.6) is 5.75 Å². The van der Waals surface area contributed by atoms with E-state index >= 15 is 0 Å². The van der Waals surface area contributed by atoms with Gasteiger partial charge in [0.25, 0.3) is 5.91 Å². The first-order chi connectivity index (χ1) is 10.0. The van der Waals surface area contributed by atoms with Gasteiger partial charge >= 0.3 is 0 Å². The molecule has 2 aromatic carbocycles. The number of anilines is 1. The lowest BCUT2D eigenvalue weighted by Gasteiger charge is -2.16. The predicted octanol–water partition coefficient (Wildman–Crippen LogP) is 3.53. The van der Waals surface area contributed by atoms with E-state index in [1.165, 1.54) is 0 Å². The fraction of sp³-hybridized carbons (Fsp3) is 0.188. The van der Waals surface area contributed by atoms with E-state index in [2.05, 4.69) is 21.2 Å². The summed E-state index contributed by atoms with van der Waals surface area (Å²) in [6.07, 6.45) is 0. The highest BCUT2D eigenvalue weighted by Crippen LogP contribution is 2.22. The number of amides is 1. The second-order valence-electron chi connectivity index (χ2n) is 4.70. The molecule has 2 aromatic rings. The lowest BCUT2D eigenvalue weighted by Crippen LogP contribution is -2.27. The first-order valence-corrected chi connectivity index (χ1v) is 7.30. The topological polar surface area (TPSA) is 64.3 Å². The van der Waals surface area contributed by atoms with E-state index in [0.717, 1.165) is 10.0 Å². The van der Waals surface area contributed by atoms with E-state index < -0.39 is 0 Å². The molecule has 0 spiro atoms. The summed E-state index contributed by atoms with van der Waals surface area (Å²) in [5, 5.41) is 2.94. The van der Waals surface area contributed by atoms with Gasteiger partial charge in [0.2, 0.25) is 0 Å². The van der Waals surface area contributed by atoms with Crippen molar-refractivity contribution < 1.29 is 9.53 Å². The molecule has 0 aliphatic heterocycles. The number of benzene rings is 2. The highest BCUT2D eigenvalue weighted by molar-refractivity contribution is 9.10. The summed E-state index contributed by atoms with van der Waals surface area (Å²) in [4.78, 5) is 12.3. The first-order valence-electron chi connectivity index (χ1n) is 6.51. The van der Waals surface area contributed by atoms with Gasteiger partial charge in [0.15, 0.2) is 0 Å². The minimum absolute atomic E-state index is 0.124. The number of ether oxygens (including phenoxy) is 1. The highest BCUT2D eigenvalue weighted by Gasteiger charge is 2.15. The molecule has 4 nitrogen and oxygen atoms in total. The van der Waals surface area contributed by atoms with Crippen LogP contribution in [-0.2, 0) is 0 Å². The Morgan fingerprint density at radius 3 is 2.71 bits per heavy atom. The summed E-state index contributed by atoms with van der Waals surface area (Å²) in [7, 11) is 1.55. The summed E-state index contributed by atoms with van der Waals surface area (Å²) < 4.78 is 6.10. The zero-order chi connectivity index (χ0) is 15.4. The summed E-state index contributed by atoms with van der Waals surface area (Å²) in [5.74, 6) is 0.378. The Bertz CT molecular complexity index is 658. The zero-order valence-corrected chi connectivity index (χ0v) is 13.5. The number of carbonyl (C=O) groups is 1. The summed E-state index contributed by atoms with van der Waals surface area (Å²) >= 11 is 3.42. The van der Waals surface area contributed by atoms with E-state index in [0.29, 0.717) is 17.0 Å². The largest absolute Gasteiger partial charge is 0.497 e. The van der Waals surface area contributed by atoms with Crippen molar-refractivity contribution in [1.29, 1.82) is 0 Å². The summed E-state index contributed by atoms with van der Waals surface area (Å²) in [6, 6.07) is 12.7. The van der Waals surface area contributed by atoms with Crippen molar-refractivity contribution >= 4 is 27.5 Å². The van der Waals surface area contributed by atoms with Crippen LogP contribution in [0.15, 0.2) is 46.9 Å². The van der Waals surface area contributed by atoms with Crippen molar-refractivity contribution in [1.82, 2.24) is 5.32 Å². The number of halogens is 1. The van der Waals surface area contributed by atoms with Gasteiger partial charge in [0, 0.05) is 10.2 Å². The molecule has 0 saturated carbocycles. The van der Waals surface area contributed by atoms with E-state index in [1.54, 1.807) is 25.3 Å². The minimum atomic E-state index is -0.223. The van der Waals surface area contributed by atoms with Gasteiger partial charge in [-0.05, 0) is 42.8 Å². The Morgan fingerprint density at radius 2 is 2.05 bits per heavy atom. The lowest BCUT2D eigenvalue weighted by atomic mass is 10.1. The van der Waals surface area contributed by atoms with Crippen LogP contribution in [-0.4, -0.2) is 13.0 Å². The molecule has 1 atom stereocenters. The Hall–Kier alpha value is -2.01. The van der Waals surface area contributed by atoms with Crippen LogP contribution >= 0.6 is 15.9 Å². The van der Waals surface area contributed by atoms with Gasteiger partial charge in [-0.2, -0.15) is 0 Å². The van der Waals surface area contributed by atoms with Crippen LogP contribution in [0.4, 0.5) is 5.69 Å². The number of methoxy groups -OCH3 is 1. The van der Waals surface area contributed by atoms with Crippen LogP contribution in [0.2, 0.25) is 0 Å². The predicted molar refractivity (Wildman–Crippen MR) is 87.4 cm³/mol. The smallest absolute Gasteiger partial charge is 0.253 e. The number of nitrogens with two attached hydrogens (primary N) is 1. The molecule has 0 heterocycles. The summed E-state index contributed by atoms with van der Waals surface area (Å²) in [5.41, 5.74) is 7.71. The Balaban J connectivity index is 2.18. The van der Waals surface area contributed by atoms with Gasteiger partial charge in [-0.1, -0.05) is 28.1 Å². The number of nitrogen functional groups attached to an aromatic ring is 1. The Kier molecular flexibility index (Phi) is 4.85. The molecule has 0 bridgehead atoms. The molecular weight excluding hydrogens is 332 g/mol. The lowest BCUT2D eigenvalue weighted by molar-refractivity contribution is 0.0940. The van der Waals surface area contributed by atoms with Gasteiger partial charge in [-0.25, -0.2) is 0 Å². The summed E-state index contributed by atoms with van der Waals surface area (Å²) in [6.45, 7) is 1.93. The van der Waals surface area contributed by atoms with Crippen molar-refractivity contribution in [2.24, 2.45) is 0 Å². The van der Waals surface area contributed by atoms with Crippen LogP contribution in [0.25, 0.3) is 0 Å². The number of nitrogens with one attached hydrogen (secondary N) is 1. The second-order valence-corrected chi connectivity index (χ2v) is 5.62. The van der Waals surface area contributed by atoms with E-state index in [4.69, 9.17) is 10.5 Å². The molecule has 21 heavy (non-hydrogen) atoms. The SMILES string of the molecule is COc1ccc(N)c(C(=O)N[C@@H](C)c2cccc(Br)c2)c1. The Morgan fingerprint density at radius 1 is 1.29 bits per heavy atom. The van der Waals surface area contributed by atoms with E-state index in [9.17, 15) is 4.79 Å². The van der Waals surface area contributed by atoms with Crippen LogP contribution in [0, 0.1) is 0 Å². The quantitative estimate of drug-likeness (QED) is 0.830. The molecule has 0 aliphatic carbocycles. The average molecular weight is 349 g/mol. The molecule has 3 N–H and O–H groups in total. The second kappa shape index (κ2) is 6.63. The maximum atomic E-state index is 12.3. The van der Waals surface area contributed by atoms with Crippen molar-refractivity contribution in [3.8, 4) is 5.75 Å². The van der Waals surface area contributed by atoms with Crippen molar-refractivity contribution in [2.45, 2.75) is 13.0 Å². The van der Waals surface area contributed by atoms with E-state index in [1.807, 2.05) is 31.2 Å². The highest BCUT2D eigenvalue weighted by atomic mass is 79.9. The molecule has 110 valence electrons. The average Bonchev–Trinajstić information content (AvgIpc) is 2.47. The molecule has 0 saturated heterocycles. The van der Waals surface area contributed by atoms with Crippen molar-refractivity contribution in [3.05, 3.63) is 58.1 Å². The van der Waals surface area contributed by atoms with E-state index in [-0.39, 0.29) is 11.9 Å². The van der Waals surface area contributed by atoms with Crippen LogP contribution in [0.1, 0.15) is 28.9 Å². The molecule has 2 rings (SSSR count). The van der Waals surface area contributed by atoms with Crippen LogP contribution in [0.3, 0.4) is 0 Å². The van der Waals surface area contributed by atoms with Gasteiger partial charge < -0.3 is 15.8 Å². The van der Waals surface area contributed by atoms with Gasteiger partial charge in [0.1, 0.15) is 5.75 Å². The maximum Gasteiger partial charge on any atom is 0.253 e. The third kappa shape index (κ3) is 3.76. The van der Waals surface area contributed by atoms with Crippen molar-refractivity contribution in [3.63, 3.8) is 0 Å². The van der Waals surface area contributed by atoms with Crippen LogP contribution < -0.4 is 15.8 Å². The molecular formula is C16H17BrN2O2. The monoisotopic (exact) mass is 348 g/mol. The van der Waals surface area contributed by atoms with Gasteiger partial charge in [-0.15, -0.1) is 0 Å². The molecule has 0 radical (unpaired) electrons.